The first-order chi connectivity index (χ1) is 12.5. The summed E-state index contributed by atoms with van der Waals surface area (Å²) in [6, 6.07) is 12.0. The van der Waals surface area contributed by atoms with Gasteiger partial charge in [-0.1, -0.05) is 11.6 Å². The van der Waals surface area contributed by atoms with E-state index in [9.17, 15) is 4.79 Å². The Kier molecular flexibility index (Phi) is 9.61. The number of benzene rings is 2. The van der Waals surface area contributed by atoms with Gasteiger partial charge in [-0.25, -0.2) is 4.79 Å². The Morgan fingerprint density at radius 2 is 1.74 bits per heavy atom. The molecule has 2 N–H and O–H groups in total. The highest BCUT2D eigenvalue weighted by molar-refractivity contribution is 6.30. The van der Waals surface area contributed by atoms with E-state index in [1.807, 2.05) is 25.1 Å². The van der Waals surface area contributed by atoms with Gasteiger partial charge in [0, 0.05) is 10.6 Å². The summed E-state index contributed by atoms with van der Waals surface area (Å²) in [5, 5.41) is 6.28. The summed E-state index contributed by atoms with van der Waals surface area (Å²) < 4.78 is 16.1. The molecule has 1 unspecified atom stereocenters. The highest BCUT2D eigenvalue weighted by Gasteiger charge is 2.15. The molecule has 1 atom stereocenters. The molecule has 2 amide bonds. The Hall–Kier alpha value is -2.31. The summed E-state index contributed by atoms with van der Waals surface area (Å²) in [7, 11) is 3.18. The van der Waals surface area contributed by atoms with Crippen molar-refractivity contribution < 1.29 is 19.0 Å². The molecule has 0 aromatic heterocycles. The van der Waals surface area contributed by atoms with Crippen LogP contribution in [-0.4, -0.2) is 33.4 Å². The van der Waals surface area contributed by atoms with Crippen LogP contribution < -0.4 is 24.8 Å². The van der Waals surface area contributed by atoms with Crippen LogP contribution in [-0.2, 0) is 0 Å². The first kappa shape index (κ1) is 22.7. The third-order valence-corrected chi connectivity index (χ3v) is 3.97. The maximum Gasteiger partial charge on any atom is 0.315 e. The zero-order valence-corrected chi connectivity index (χ0v) is 17.0. The van der Waals surface area contributed by atoms with Crippen LogP contribution in [0.2, 0.25) is 5.02 Å². The lowest BCUT2D eigenvalue weighted by Crippen LogP contribution is -2.39. The second-order valence-electron chi connectivity index (χ2n) is 5.53. The molecule has 0 aliphatic carbocycles. The van der Waals surface area contributed by atoms with E-state index in [4.69, 9.17) is 25.8 Å². The van der Waals surface area contributed by atoms with Crippen molar-refractivity contribution in [1.29, 1.82) is 0 Å². The van der Waals surface area contributed by atoms with Gasteiger partial charge in [-0.05, 0) is 49.4 Å². The molecule has 2 rings (SSSR count). The van der Waals surface area contributed by atoms with E-state index in [1.165, 1.54) is 0 Å². The Balaban J connectivity index is 0.00000364. The van der Waals surface area contributed by atoms with E-state index in [2.05, 4.69) is 10.6 Å². The molecular formula is C19H24Cl2N2O4. The number of halogens is 2. The minimum Gasteiger partial charge on any atom is -0.497 e. The average Bonchev–Trinajstić information content (AvgIpc) is 2.66. The fourth-order valence-electron chi connectivity index (χ4n) is 2.37. The molecule has 0 aliphatic rings. The fraction of sp³-hybridized carbons (Fsp3) is 0.316. The van der Waals surface area contributed by atoms with Crippen LogP contribution in [0.15, 0.2) is 42.5 Å². The largest absolute Gasteiger partial charge is 0.497 e. The van der Waals surface area contributed by atoms with Gasteiger partial charge in [0.05, 0.1) is 26.8 Å². The summed E-state index contributed by atoms with van der Waals surface area (Å²) in [4.78, 5) is 12.1. The van der Waals surface area contributed by atoms with Crippen molar-refractivity contribution in [2.24, 2.45) is 0 Å². The smallest absolute Gasteiger partial charge is 0.315 e. The maximum atomic E-state index is 12.1. The second kappa shape index (κ2) is 11.4. The van der Waals surface area contributed by atoms with Crippen molar-refractivity contribution in [3.8, 4) is 17.2 Å². The first-order valence-corrected chi connectivity index (χ1v) is 8.56. The molecule has 0 aliphatic heterocycles. The third-order valence-electron chi connectivity index (χ3n) is 3.72. The summed E-state index contributed by atoms with van der Waals surface area (Å²) in [5.41, 5.74) is 0.833. The fourth-order valence-corrected chi connectivity index (χ4v) is 2.49. The molecule has 0 bridgehead atoms. The number of amides is 2. The van der Waals surface area contributed by atoms with Crippen LogP contribution in [0.4, 0.5) is 4.79 Å². The molecule has 27 heavy (non-hydrogen) atoms. The second-order valence-corrected chi connectivity index (χ2v) is 5.97. The SMILES string of the molecule is COc1ccc(OC)c(C(C)NC(=O)NCCOc2ccc(Cl)cc2)c1.Cl. The maximum absolute atomic E-state index is 12.1. The highest BCUT2D eigenvalue weighted by atomic mass is 35.5. The summed E-state index contributed by atoms with van der Waals surface area (Å²) in [6.45, 7) is 2.60. The van der Waals surface area contributed by atoms with Crippen molar-refractivity contribution in [2.45, 2.75) is 13.0 Å². The molecule has 148 valence electrons. The van der Waals surface area contributed by atoms with Crippen LogP contribution in [0.1, 0.15) is 18.5 Å². The molecule has 0 saturated carbocycles. The molecule has 0 heterocycles. The van der Waals surface area contributed by atoms with E-state index in [-0.39, 0.29) is 24.5 Å². The summed E-state index contributed by atoms with van der Waals surface area (Å²) >= 11 is 5.82. The van der Waals surface area contributed by atoms with E-state index in [0.29, 0.717) is 35.4 Å². The van der Waals surface area contributed by atoms with Crippen LogP contribution in [0.3, 0.4) is 0 Å². The third kappa shape index (κ3) is 7.07. The number of nitrogens with one attached hydrogen (secondary N) is 2. The van der Waals surface area contributed by atoms with Gasteiger partial charge in [-0.2, -0.15) is 0 Å². The van der Waals surface area contributed by atoms with Gasteiger partial charge in [0.1, 0.15) is 23.9 Å². The van der Waals surface area contributed by atoms with Gasteiger partial charge in [0.2, 0.25) is 0 Å². The van der Waals surface area contributed by atoms with Crippen LogP contribution >= 0.6 is 24.0 Å². The van der Waals surface area contributed by atoms with Crippen molar-refractivity contribution in [3.05, 3.63) is 53.1 Å². The number of urea groups is 1. The van der Waals surface area contributed by atoms with Crippen molar-refractivity contribution in [2.75, 3.05) is 27.4 Å². The molecule has 0 fully saturated rings. The van der Waals surface area contributed by atoms with Gasteiger partial charge in [-0.15, -0.1) is 12.4 Å². The Morgan fingerprint density at radius 1 is 1.07 bits per heavy atom. The van der Waals surface area contributed by atoms with Gasteiger partial charge < -0.3 is 24.8 Å². The molecule has 2 aromatic carbocycles. The average molecular weight is 415 g/mol. The predicted molar refractivity (Wildman–Crippen MR) is 109 cm³/mol. The molecule has 0 radical (unpaired) electrons. The number of ether oxygens (including phenoxy) is 3. The Morgan fingerprint density at radius 3 is 2.37 bits per heavy atom. The topological polar surface area (TPSA) is 68.8 Å². The molecule has 0 spiro atoms. The Bertz CT molecular complexity index is 726. The molecular weight excluding hydrogens is 391 g/mol. The number of carbonyl (C=O) groups is 1. The van der Waals surface area contributed by atoms with Gasteiger partial charge in [0.25, 0.3) is 0 Å². The van der Waals surface area contributed by atoms with Crippen LogP contribution in [0.5, 0.6) is 17.2 Å². The normalized spacial score (nSPS) is 11.0. The van der Waals surface area contributed by atoms with Crippen molar-refractivity contribution >= 4 is 30.0 Å². The number of hydrogen-bond acceptors (Lipinski definition) is 4. The lowest BCUT2D eigenvalue weighted by atomic mass is 10.1. The van der Waals surface area contributed by atoms with E-state index in [0.717, 1.165) is 5.56 Å². The van der Waals surface area contributed by atoms with Gasteiger partial charge >= 0.3 is 6.03 Å². The molecule has 2 aromatic rings. The number of methoxy groups -OCH3 is 2. The standard InChI is InChI=1S/C19H23ClN2O4.ClH/c1-13(17-12-16(24-2)8-9-18(17)25-3)22-19(23)21-10-11-26-15-6-4-14(20)5-7-15;/h4-9,12-13H,10-11H2,1-3H3,(H2,21,22,23);1H. The predicted octanol–water partition coefficient (Wildman–Crippen LogP) is 4.22. The molecule has 0 saturated heterocycles. The highest BCUT2D eigenvalue weighted by Crippen LogP contribution is 2.29. The van der Waals surface area contributed by atoms with Crippen LogP contribution in [0.25, 0.3) is 0 Å². The zero-order valence-electron chi connectivity index (χ0n) is 15.5. The van der Waals surface area contributed by atoms with Crippen molar-refractivity contribution in [3.63, 3.8) is 0 Å². The quantitative estimate of drug-likeness (QED) is 0.634. The minimum absolute atomic E-state index is 0. The monoisotopic (exact) mass is 414 g/mol. The van der Waals surface area contributed by atoms with Crippen molar-refractivity contribution in [1.82, 2.24) is 10.6 Å². The summed E-state index contributed by atoms with van der Waals surface area (Å²) in [5.74, 6) is 2.09. The number of hydrogen-bond donors (Lipinski definition) is 2. The molecule has 8 heteroatoms. The lowest BCUT2D eigenvalue weighted by molar-refractivity contribution is 0.233. The van der Waals surface area contributed by atoms with Gasteiger partial charge in [-0.3, -0.25) is 0 Å². The number of carbonyl (C=O) groups excluding carboxylic acids is 1. The van der Waals surface area contributed by atoms with E-state index < -0.39 is 0 Å². The summed E-state index contributed by atoms with van der Waals surface area (Å²) in [6.07, 6.45) is 0. The van der Waals surface area contributed by atoms with Crippen LogP contribution in [0, 0.1) is 0 Å². The first-order valence-electron chi connectivity index (χ1n) is 8.18. The zero-order chi connectivity index (χ0) is 18.9. The lowest BCUT2D eigenvalue weighted by Gasteiger charge is -2.18. The van der Waals surface area contributed by atoms with E-state index >= 15 is 0 Å². The Labute approximate surface area is 170 Å². The molecule has 6 nitrogen and oxygen atoms in total. The minimum atomic E-state index is -0.290. The van der Waals surface area contributed by atoms with E-state index in [1.54, 1.807) is 38.5 Å². The number of rotatable bonds is 8. The van der Waals surface area contributed by atoms with Gasteiger partial charge in [0.15, 0.2) is 0 Å².